The van der Waals surface area contributed by atoms with Crippen molar-refractivity contribution in [2.75, 3.05) is 0 Å². The molecule has 1 aliphatic heterocycles. The molecule has 0 radical (unpaired) electrons. The molecule has 4 nitrogen and oxygen atoms in total. The van der Waals surface area contributed by atoms with Gasteiger partial charge in [-0.05, 0) is 79.0 Å². The maximum Gasteiger partial charge on any atom is 0.220 e. The Balaban J connectivity index is 1.27. The van der Waals surface area contributed by atoms with Crippen LogP contribution >= 0.6 is 0 Å². The van der Waals surface area contributed by atoms with Gasteiger partial charge in [0, 0.05) is 5.69 Å². The maximum atomic E-state index is 7.34. The van der Waals surface area contributed by atoms with Crippen LogP contribution in [0.3, 0.4) is 0 Å². The molecule has 0 unspecified atom stereocenters. The van der Waals surface area contributed by atoms with Gasteiger partial charge in [0.2, 0.25) is 5.78 Å². The third kappa shape index (κ3) is 4.50. The normalized spacial score (nSPS) is 14.7. The number of ether oxygens (including phenoxy) is 1. The van der Waals surface area contributed by atoms with Crippen LogP contribution in [0, 0.1) is 0 Å². The van der Waals surface area contributed by atoms with Crippen molar-refractivity contribution < 1.29 is 4.74 Å². The van der Waals surface area contributed by atoms with Crippen molar-refractivity contribution in [3.63, 3.8) is 0 Å². The van der Waals surface area contributed by atoms with Gasteiger partial charge in [0.25, 0.3) is 0 Å². The van der Waals surface area contributed by atoms with Crippen LogP contribution in [0.2, 0.25) is 13.1 Å². The summed E-state index contributed by atoms with van der Waals surface area (Å²) in [6.07, 6.45) is 0. The molecule has 7 aromatic carbocycles. The molecule has 0 bridgehead atoms. The zero-order chi connectivity index (χ0) is 36.7. The highest BCUT2D eigenvalue weighted by atomic mass is 28.3. The molecule has 0 saturated heterocycles. The minimum atomic E-state index is -3.01. The highest BCUT2D eigenvalue weighted by Crippen LogP contribution is 2.44. The highest BCUT2D eigenvalue weighted by molar-refractivity contribution is 7.20. The molecular formula is C48H41N3OSi2. The molecule has 3 heterocycles. The minimum Gasteiger partial charge on any atom is -0.457 e. The summed E-state index contributed by atoms with van der Waals surface area (Å²) in [5.74, 6) is 2.91. The van der Waals surface area contributed by atoms with E-state index in [9.17, 15) is 0 Å². The fraction of sp³-hybridized carbons (Fsp3) is 0.104. The molecule has 54 heavy (non-hydrogen) atoms. The van der Waals surface area contributed by atoms with Crippen LogP contribution in [0.15, 0.2) is 176 Å². The van der Waals surface area contributed by atoms with Crippen LogP contribution in [0.5, 0.6) is 11.5 Å². The molecular weight excluding hydrogens is 691 g/mol. The highest BCUT2D eigenvalue weighted by Gasteiger charge is 2.50. The van der Waals surface area contributed by atoms with Gasteiger partial charge in [-0.3, -0.25) is 8.97 Å². The molecule has 0 amide bonds. The average Bonchev–Trinajstić information content (AvgIpc) is 3.72. The maximum absolute atomic E-state index is 7.34. The SMILES string of the molecule is CC1(C)c2ccccc2Oc2c([Si](c3ccccc3)(c3ccccc3)c3ccc(-n4c5ccccc5n5c6ccccc6nc45)cc3)cccc2[Si]1(C)C. The van der Waals surface area contributed by atoms with Crippen molar-refractivity contribution in [3.8, 4) is 17.2 Å². The Labute approximate surface area is 318 Å². The number of nitrogens with zero attached hydrogens (tertiary/aromatic N) is 3. The first kappa shape index (κ1) is 32.7. The summed E-state index contributed by atoms with van der Waals surface area (Å²) in [4.78, 5) is 5.17. The number of aromatic nitrogens is 3. The topological polar surface area (TPSA) is 31.5 Å². The Morgan fingerprint density at radius 2 is 1.13 bits per heavy atom. The molecule has 9 aromatic rings. The number of fused-ring (bicyclic) bond motifs is 7. The van der Waals surface area contributed by atoms with Crippen molar-refractivity contribution in [2.24, 2.45) is 0 Å². The van der Waals surface area contributed by atoms with Gasteiger partial charge in [-0.15, -0.1) is 0 Å². The fourth-order valence-corrected chi connectivity index (χ4v) is 16.9. The number of imidazole rings is 2. The summed E-state index contributed by atoms with van der Waals surface area (Å²) in [6, 6.07) is 64.5. The largest absolute Gasteiger partial charge is 0.457 e. The number of benzene rings is 7. The van der Waals surface area contributed by atoms with E-state index in [1.54, 1.807) is 0 Å². The Morgan fingerprint density at radius 1 is 0.556 bits per heavy atom. The number of para-hydroxylation sites is 6. The molecule has 0 aliphatic carbocycles. The van der Waals surface area contributed by atoms with Crippen LogP contribution in [0.1, 0.15) is 19.4 Å². The molecule has 0 fully saturated rings. The number of hydrogen-bond acceptors (Lipinski definition) is 2. The lowest BCUT2D eigenvalue weighted by Crippen LogP contribution is -2.75. The van der Waals surface area contributed by atoms with Gasteiger partial charge in [-0.2, -0.15) is 0 Å². The first-order valence-electron chi connectivity index (χ1n) is 18.8. The third-order valence-electron chi connectivity index (χ3n) is 12.5. The zero-order valence-electron chi connectivity index (χ0n) is 31.0. The van der Waals surface area contributed by atoms with E-state index < -0.39 is 16.1 Å². The minimum absolute atomic E-state index is 0.0542. The Kier molecular flexibility index (Phi) is 7.28. The summed E-state index contributed by atoms with van der Waals surface area (Å²) in [6.45, 7) is 9.88. The van der Waals surface area contributed by atoms with Gasteiger partial charge < -0.3 is 4.74 Å². The van der Waals surface area contributed by atoms with Gasteiger partial charge in [-0.1, -0.05) is 160 Å². The van der Waals surface area contributed by atoms with Crippen LogP contribution in [-0.4, -0.2) is 30.1 Å². The molecule has 0 atom stereocenters. The van der Waals surface area contributed by atoms with Crippen LogP contribution < -0.4 is 30.7 Å². The van der Waals surface area contributed by atoms with Crippen molar-refractivity contribution >= 4 is 69.9 Å². The second-order valence-corrected chi connectivity index (χ2v) is 24.4. The summed E-state index contributed by atoms with van der Waals surface area (Å²) in [7, 11) is -5.19. The van der Waals surface area contributed by atoms with E-state index in [1.807, 2.05) is 0 Å². The Bertz CT molecular complexity index is 2820. The van der Waals surface area contributed by atoms with Crippen molar-refractivity contribution in [1.82, 2.24) is 14.0 Å². The third-order valence-corrected chi connectivity index (χ3v) is 22.4. The Hall–Kier alpha value is -5.96. The van der Waals surface area contributed by atoms with E-state index in [2.05, 4.69) is 212 Å². The second-order valence-electron chi connectivity index (χ2n) is 15.6. The number of hydrogen-bond donors (Lipinski definition) is 0. The van der Waals surface area contributed by atoms with Gasteiger partial charge in [0.15, 0.2) is 8.07 Å². The first-order valence-corrected chi connectivity index (χ1v) is 23.8. The lowest BCUT2D eigenvalue weighted by atomic mass is 10.0. The Morgan fingerprint density at radius 3 is 1.83 bits per heavy atom. The zero-order valence-corrected chi connectivity index (χ0v) is 33.0. The molecule has 2 aromatic heterocycles. The van der Waals surface area contributed by atoms with Crippen molar-refractivity contribution in [1.29, 1.82) is 0 Å². The summed E-state index contributed by atoms with van der Waals surface area (Å²) >= 11 is 0. The van der Waals surface area contributed by atoms with Gasteiger partial charge in [0.1, 0.15) is 11.5 Å². The standard InChI is InChI=1S/C48H41N3OSi2/c1-48(2)38-22-11-16-27-43(38)52-46-44(53(48,3)4)28-17-29-45(46)54(35-18-7-5-8-19-35,36-20-9-6-10-21-36)37-32-30-34(31-33-37)50-41-25-14-15-26-42(41)51-40-24-13-12-23-39(40)49-47(50)51/h5-33H,1-4H3. The summed E-state index contributed by atoms with van der Waals surface area (Å²) < 4.78 is 11.9. The van der Waals surface area contributed by atoms with E-state index in [4.69, 9.17) is 9.72 Å². The van der Waals surface area contributed by atoms with Crippen molar-refractivity contribution in [2.45, 2.75) is 32.0 Å². The van der Waals surface area contributed by atoms with Gasteiger partial charge >= 0.3 is 0 Å². The molecule has 6 heteroatoms. The van der Waals surface area contributed by atoms with Crippen LogP contribution in [0.25, 0.3) is 33.5 Å². The lowest BCUT2D eigenvalue weighted by Gasteiger charge is -2.40. The predicted octanol–water partition coefficient (Wildman–Crippen LogP) is 8.35. The molecule has 1 aliphatic rings. The van der Waals surface area contributed by atoms with Gasteiger partial charge in [0.05, 0.1) is 30.1 Å². The quantitative estimate of drug-likeness (QED) is 0.132. The monoisotopic (exact) mass is 731 g/mol. The second kappa shape index (κ2) is 12.0. The van der Waals surface area contributed by atoms with Gasteiger partial charge in [-0.25, -0.2) is 4.98 Å². The van der Waals surface area contributed by atoms with Crippen LogP contribution in [0.4, 0.5) is 0 Å². The van der Waals surface area contributed by atoms with E-state index in [1.165, 1.54) is 31.5 Å². The molecule has 0 spiro atoms. The lowest BCUT2D eigenvalue weighted by molar-refractivity contribution is 0.480. The molecule has 0 saturated carbocycles. The smallest absolute Gasteiger partial charge is 0.220 e. The fourth-order valence-electron chi connectivity index (χ4n) is 9.10. The predicted molar refractivity (Wildman–Crippen MR) is 230 cm³/mol. The van der Waals surface area contributed by atoms with Crippen molar-refractivity contribution in [3.05, 3.63) is 181 Å². The molecule has 10 rings (SSSR count). The molecule has 0 N–H and O–H groups in total. The van der Waals surface area contributed by atoms with E-state index in [-0.39, 0.29) is 5.04 Å². The number of rotatable bonds is 5. The van der Waals surface area contributed by atoms with E-state index in [0.29, 0.717) is 0 Å². The van der Waals surface area contributed by atoms with E-state index >= 15 is 0 Å². The van der Waals surface area contributed by atoms with Crippen LogP contribution in [-0.2, 0) is 5.04 Å². The summed E-state index contributed by atoms with van der Waals surface area (Å²) in [5, 5.41) is 6.55. The first-order chi connectivity index (χ1) is 26.3. The van der Waals surface area contributed by atoms with E-state index in [0.717, 1.165) is 45.0 Å². The average molecular weight is 732 g/mol. The summed E-state index contributed by atoms with van der Waals surface area (Å²) in [5.41, 5.74) is 6.74. The molecule has 262 valence electrons.